The molecule has 34 heavy (non-hydrogen) atoms. The molecule has 3 aliphatic heterocycles. The largest absolute Gasteiger partial charge is 0.394 e. The molecule has 3 fully saturated rings. The van der Waals surface area contributed by atoms with Crippen molar-refractivity contribution in [3.8, 4) is 0 Å². The average Bonchev–Trinajstić information content (AvgIpc) is 3.08. The summed E-state index contributed by atoms with van der Waals surface area (Å²) in [7, 11) is 0. The van der Waals surface area contributed by atoms with Crippen molar-refractivity contribution < 1.29 is 79.9 Å². The molecule has 0 spiro atoms. The summed E-state index contributed by atoms with van der Waals surface area (Å²) < 4.78 is 26.9. The molecule has 16 nitrogen and oxygen atoms in total. The van der Waals surface area contributed by atoms with Crippen LogP contribution in [0.1, 0.15) is 0 Å². The van der Waals surface area contributed by atoms with Gasteiger partial charge >= 0.3 is 0 Å². The predicted molar refractivity (Wildman–Crippen MR) is 101 cm³/mol. The van der Waals surface area contributed by atoms with Gasteiger partial charge in [0.15, 0.2) is 12.6 Å². The number of ether oxygens (including phenoxy) is 5. The van der Waals surface area contributed by atoms with E-state index in [2.05, 4.69) is 0 Å². The first-order valence-corrected chi connectivity index (χ1v) is 10.6. The van der Waals surface area contributed by atoms with E-state index in [9.17, 15) is 56.2 Å². The van der Waals surface area contributed by atoms with Crippen LogP contribution >= 0.6 is 0 Å². The van der Waals surface area contributed by atoms with Crippen LogP contribution in [-0.4, -0.2) is 168 Å². The van der Waals surface area contributed by atoms with Gasteiger partial charge in [0.25, 0.3) is 0 Å². The molecular weight excluding hydrogens is 472 g/mol. The third-order valence-corrected chi connectivity index (χ3v) is 6.19. The molecule has 0 bridgehead atoms. The zero-order valence-corrected chi connectivity index (χ0v) is 17.8. The number of aliphatic hydroxyl groups is 11. The normalized spacial score (nSPS) is 52.1. The molecule has 3 aliphatic rings. The van der Waals surface area contributed by atoms with Gasteiger partial charge in [-0.05, 0) is 0 Å². The van der Waals surface area contributed by atoms with Crippen molar-refractivity contribution in [3.05, 3.63) is 0 Å². The van der Waals surface area contributed by atoms with Gasteiger partial charge in [0.1, 0.15) is 73.8 Å². The summed E-state index contributed by atoms with van der Waals surface area (Å²) in [6.45, 7) is -3.45. The summed E-state index contributed by atoms with van der Waals surface area (Å²) in [5, 5.41) is 109. The van der Waals surface area contributed by atoms with E-state index in [0.29, 0.717) is 0 Å². The smallest absolute Gasteiger partial charge is 0.224 e. The Morgan fingerprint density at radius 1 is 0.588 bits per heavy atom. The predicted octanol–water partition coefficient (Wildman–Crippen LogP) is -7.57. The average molecular weight is 504 g/mol. The van der Waals surface area contributed by atoms with E-state index >= 15 is 0 Å². The van der Waals surface area contributed by atoms with Crippen LogP contribution in [-0.2, 0) is 23.7 Å². The Kier molecular flexibility index (Phi) is 9.18. The van der Waals surface area contributed by atoms with Gasteiger partial charge in [0, 0.05) is 0 Å². The van der Waals surface area contributed by atoms with Crippen LogP contribution in [0, 0.1) is 0 Å². The molecule has 16 heteroatoms. The first-order chi connectivity index (χ1) is 16.0. The molecule has 3 rings (SSSR count). The molecule has 0 unspecified atom stereocenters. The number of rotatable bonds is 8. The quantitative estimate of drug-likeness (QED) is 0.146. The molecule has 3 heterocycles. The molecule has 11 N–H and O–H groups in total. The Morgan fingerprint density at radius 2 is 1.12 bits per heavy atom. The molecular formula is C18H32O16. The van der Waals surface area contributed by atoms with E-state index in [0.717, 1.165) is 0 Å². The Balaban J connectivity index is 1.87. The highest BCUT2D eigenvalue weighted by Gasteiger charge is 2.59. The Labute approximate surface area is 192 Å². The molecule has 3 saturated heterocycles. The van der Waals surface area contributed by atoms with E-state index in [4.69, 9.17) is 23.7 Å². The maximum absolute atomic E-state index is 10.6. The summed E-state index contributed by atoms with van der Waals surface area (Å²) >= 11 is 0. The lowest BCUT2D eigenvalue weighted by Gasteiger charge is -2.47. The zero-order valence-electron chi connectivity index (χ0n) is 17.8. The highest BCUT2D eigenvalue weighted by molar-refractivity contribution is 4.99. The van der Waals surface area contributed by atoms with Crippen molar-refractivity contribution in [2.75, 3.05) is 26.4 Å². The van der Waals surface area contributed by atoms with Gasteiger partial charge < -0.3 is 79.9 Å². The Bertz CT molecular complexity index is 653. The number of hydrogen-bond donors (Lipinski definition) is 11. The van der Waals surface area contributed by atoms with E-state index < -0.39 is 112 Å². The SMILES string of the molecule is OC[C@H]1O[C@@H](O[C@H]2[C@@H](O[C@]3(CO)O[C@H](CO)[C@@H](O)[C@@H]3O)O[C@H](CO)[C@@H](O)[C@@H]2O)[C@H](O)[C@@H](O)[C@H]1O. The summed E-state index contributed by atoms with van der Waals surface area (Å²) in [6, 6.07) is 0. The standard InChI is InChI=1S/C18H32O16/c19-1-5-8(23)11(26)13(28)16(30-5)32-14-12(27)9(24)6(2-20)31-17(14)34-18(4-22)15(29)10(25)7(3-21)33-18/h5-17,19-29H,1-4H2/t5-,6-,7-,8+,9-,10-,11+,12+,13-,14-,15+,16+,17-,18+/m1/s1. The summed E-state index contributed by atoms with van der Waals surface area (Å²) in [5.41, 5.74) is 0. The molecule has 0 amide bonds. The van der Waals surface area contributed by atoms with Crippen LogP contribution in [0.15, 0.2) is 0 Å². The van der Waals surface area contributed by atoms with Crippen molar-refractivity contribution in [1.29, 1.82) is 0 Å². The maximum atomic E-state index is 10.6. The fraction of sp³-hybridized carbons (Fsp3) is 1.00. The molecule has 0 aromatic heterocycles. The van der Waals surface area contributed by atoms with Crippen LogP contribution in [0.5, 0.6) is 0 Å². The second kappa shape index (κ2) is 11.2. The van der Waals surface area contributed by atoms with Crippen molar-refractivity contribution in [1.82, 2.24) is 0 Å². The summed E-state index contributed by atoms with van der Waals surface area (Å²) in [6.07, 6.45) is -22.4. The van der Waals surface area contributed by atoms with E-state index in [1.54, 1.807) is 0 Å². The third kappa shape index (κ3) is 4.96. The lowest BCUT2D eigenvalue weighted by Crippen LogP contribution is -2.66. The van der Waals surface area contributed by atoms with Crippen LogP contribution in [0.25, 0.3) is 0 Å². The number of hydrogen-bond acceptors (Lipinski definition) is 16. The molecule has 0 saturated carbocycles. The van der Waals surface area contributed by atoms with Gasteiger partial charge in [-0.1, -0.05) is 0 Å². The minimum absolute atomic E-state index is 0.764. The van der Waals surface area contributed by atoms with Crippen molar-refractivity contribution >= 4 is 0 Å². The van der Waals surface area contributed by atoms with Gasteiger partial charge in [0.05, 0.1) is 19.8 Å². The summed E-state index contributed by atoms with van der Waals surface area (Å²) in [5.74, 6) is -2.41. The Hall–Kier alpha value is -0.640. The van der Waals surface area contributed by atoms with Crippen LogP contribution in [0.4, 0.5) is 0 Å². The lowest BCUT2D eigenvalue weighted by molar-refractivity contribution is -0.408. The Morgan fingerprint density at radius 3 is 1.62 bits per heavy atom. The van der Waals surface area contributed by atoms with Crippen LogP contribution in [0.3, 0.4) is 0 Å². The fourth-order valence-electron chi connectivity index (χ4n) is 4.10. The fourth-order valence-corrected chi connectivity index (χ4v) is 4.10. The lowest BCUT2D eigenvalue weighted by atomic mass is 9.97. The molecule has 14 atom stereocenters. The van der Waals surface area contributed by atoms with Gasteiger partial charge in [-0.25, -0.2) is 0 Å². The molecule has 0 aromatic carbocycles. The minimum Gasteiger partial charge on any atom is -0.394 e. The van der Waals surface area contributed by atoms with Crippen LogP contribution in [0.2, 0.25) is 0 Å². The maximum Gasteiger partial charge on any atom is 0.224 e. The molecule has 0 radical (unpaired) electrons. The van der Waals surface area contributed by atoms with Gasteiger partial charge in [0.2, 0.25) is 5.79 Å². The number of aliphatic hydroxyl groups excluding tert-OH is 11. The highest BCUT2D eigenvalue weighted by Crippen LogP contribution is 2.37. The summed E-state index contributed by atoms with van der Waals surface area (Å²) in [4.78, 5) is 0. The second-order valence-electron chi connectivity index (χ2n) is 8.37. The van der Waals surface area contributed by atoms with E-state index in [1.807, 2.05) is 0 Å². The monoisotopic (exact) mass is 504 g/mol. The second-order valence-corrected chi connectivity index (χ2v) is 8.37. The van der Waals surface area contributed by atoms with Gasteiger partial charge in [-0.15, -0.1) is 0 Å². The van der Waals surface area contributed by atoms with Crippen molar-refractivity contribution in [3.63, 3.8) is 0 Å². The topological polar surface area (TPSA) is 269 Å². The van der Waals surface area contributed by atoms with Gasteiger partial charge in [-0.2, -0.15) is 0 Å². The highest BCUT2D eigenvalue weighted by atomic mass is 16.8. The third-order valence-electron chi connectivity index (χ3n) is 6.19. The molecule has 0 aliphatic carbocycles. The minimum atomic E-state index is -2.41. The zero-order chi connectivity index (χ0) is 25.4. The first-order valence-electron chi connectivity index (χ1n) is 10.6. The van der Waals surface area contributed by atoms with Crippen molar-refractivity contribution in [2.24, 2.45) is 0 Å². The van der Waals surface area contributed by atoms with E-state index in [-0.39, 0.29) is 0 Å². The van der Waals surface area contributed by atoms with Crippen molar-refractivity contribution in [2.45, 2.75) is 85.5 Å². The van der Waals surface area contributed by atoms with Gasteiger partial charge in [-0.3, -0.25) is 0 Å². The molecule has 200 valence electrons. The van der Waals surface area contributed by atoms with Crippen LogP contribution < -0.4 is 0 Å². The molecule has 0 aromatic rings. The van der Waals surface area contributed by atoms with E-state index in [1.165, 1.54) is 0 Å². The first kappa shape index (κ1) is 27.9.